The van der Waals surface area contributed by atoms with Crippen LogP contribution in [0.2, 0.25) is 0 Å². The molecule has 22 heavy (non-hydrogen) atoms. The van der Waals surface area contributed by atoms with Gasteiger partial charge in [0.1, 0.15) is 0 Å². The highest BCUT2D eigenvalue weighted by Crippen LogP contribution is 2.21. The second-order valence-electron chi connectivity index (χ2n) is 5.28. The van der Waals surface area contributed by atoms with E-state index in [2.05, 4.69) is 11.4 Å². The number of carbonyl (C=O) groups is 2. The predicted molar refractivity (Wildman–Crippen MR) is 81.8 cm³/mol. The molecule has 1 aliphatic carbocycles. The second kappa shape index (κ2) is 7.41. The quantitative estimate of drug-likeness (QED) is 0.669. The SMILES string of the molecule is C[C@H](OC(=O)C[C@H]1C=CCC1)C(=O)Nc1ccc(C#N)cc1. The van der Waals surface area contributed by atoms with E-state index in [1.54, 1.807) is 31.2 Å². The van der Waals surface area contributed by atoms with Gasteiger partial charge in [0.2, 0.25) is 0 Å². The van der Waals surface area contributed by atoms with E-state index in [1.165, 1.54) is 0 Å². The van der Waals surface area contributed by atoms with Crippen molar-refractivity contribution in [3.8, 4) is 6.07 Å². The molecule has 2 rings (SSSR count). The molecule has 0 heterocycles. The molecule has 2 atom stereocenters. The van der Waals surface area contributed by atoms with E-state index < -0.39 is 6.10 Å². The van der Waals surface area contributed by atoms with Crippen LogP contribution in [-0.2, 0) is 14.3 Å². The summed E-state index contributed by atoms with van der Waals surface area (Å²) in [5.41, 5.74) is 1.08. The van der Waals surface area contributed by atoms with Crippen molar-refractivity contribution < 1.29 is 14.3 Å². The first-order valence-electron chi connectivity index (χ1n) is 7.25. The Morgan fingerprint density at radius 1 is 1.41 bits per heavy atom. The third kappa shape index (κ3) is 4.45. The average molecular weight is 298 g/mol. The number of hydrogen-bond donors (Lipinski definition) is 1. The fourth-order valence-electron chi connectivity index (χ4n) is 2.25. The molecule has 5 nitrogen and oxygen atoms in total. The summed E-state index contributed by atoms with van der Waals surface area (Å²) in [7, 11) is 0. The molecule has 0 unspecified atom stereocenters. The van der Waals surface area contributed by atoms with Crippen LogP contribution in [0.5, 0.6) is 0 Å². The normalized spacial score (nSPS) is 17.5. The van der Waals surface area contributed by atoms with Gasteiger partial charge in [-0.3, -0.25) is 9.59 Å². The van der Waals surface area contributed by atoms with Crippen molar-refractivity contribution in [1.29, 1.82) is 5.26 Å². The largest absolute Gasteiger partial charge is 0.453 e. The minimum atomic E-state index is -0.853. The summed E-state index contributed by atoms with van der Waals surface area (Å²) >= 11 is 0. The van der Waals surface area contributed by atoms with Crippen LogP contribution >= 0.6 is 0 Å². The summed E-state index contributed by atoms with van der Waals surface area (Å²) in [5.74, 6) is -0.527. The topological polar surface area (TPSA) is 79.2 Å². The van der Waals surface area contributed by atoms with Gasteiger partial charge in [0.25, 0.3) is 5.91 Å². The summed E-state index contributed by atoms with van der Waals surface area (Å²) in [6, 6.07) is 8.49. The number of nitrogens with zero attached hydrogens (tertiary/aromatic N) is 1. The average Bonchev–Trinajstić information content (AvgIpc) is 3.00. The Morgan fingerprint density at radius 2 is 2.14 bits per heavy atom. The molecule has 0 fully saturated rings. The number of esters is 1. The van der Waals surface area contributed by atoms with Crippen molar-refractivity contribution in [1.82, 2.24) is 0 Å². The summed E-state index contributed by atoms with van der Waals surface area (Å²) in [6.45, 7) is 1.54. The van der Waals surface area contributed by atoms with Crippen molar-refractivity contribution >= 4 is 17.6 Å². The van der Waals surface area contributed by atoms with Crippen molar-refractivity contribution in [2.45, 2.75) is 32.3 Å². The number of anilines is 1. The van der Waals surface area contributed by atoms with Crippen LogP contribution < -0.4 is 5.32 Å². The van der Waals surface area contributed by atoms with Crippen molar-refractivity contribution in [2.75, 3.05) is 5.32 Å². The number of hydrogen-bond acceptors (Lipinski definition) is 4. The minimum Gasteiger partial charge on any atom is -0.453 e. The Balaban J connectivity index is 1.81. The molecule has 114 valence electrons. The molecule has 1 aromatic rings. The van der Waals surface area contributed by atoms with E-state index in [0.29, 0.717) is 17.7 Å². The molecule has 0 aromatic heterocycles. The van der Waals surface area contributed by atoms with E-state index in [1.807, 2.05) is 12.1 Å². The Kier molecular flexibility index (Phi) is 5.31. The lowest BCUT2D eigenvalue weighted by molar-refractivity contribution is -0.153. The molecule has 0 bridgehead atoms. The molecule has 1 aliphatic rings. The Labute approximate surface area is 129 Å². The number of allylic oxidation sites excluding steroid dienone is 2. The lowest BCUT2D eigenvalue weighted by Gasteiger charge is -2.14. The van der Waals surface area contributed by atoms with Crippen LogP contribution in [0, 0.1) is 17.2 Å². The molecule has 1 amide bonds. The summed E-state index contributed by atoms with van der Waals surface area (Å²) in [4.78, 5) is 23.7. The van der Waals surface area contributed by atoms with Crippen LogP contribution in [0.4, 0.5) is 5.69 Å². The maximum Gasteiger partial charge on any atom is 0.307 e. The van der Waals surface area contributed by atoms with Crippen LogP contribution in [-0.4, -0.2) is 18.0 Å². The van der Waals surface area contributed by atoms with Gasteiger partial charge >= 0.3 is 5.97 Å². The van der Waals surface area contributed by atoms with Gasteiger partial charge in [-0.05, 0) is 49.9 Å². The number of amides is 1. The zero-order valence-corrected chi connectivity index (χ0v) is 12.4. The van der Waals surface area contributed by atoms with Gasteiger partial charge in [-0.15, -0.1) is 0 Å². The Hall–Kier alpha value is -2.61. The number of benzene rings is 1. The lowest BCUT2D eigenvalue weighted by Crippen LogP contribution is -2.30. The van der Waals surface area contributed by atoms with E-state index >= 15 is 0 Å². The van der Waals surface area contributed by atoms with Crippen molar-refractivity contribution in [2.24, 2.45) is 5.92 Å². The van der Waals surface area contributed by atoms with Gasteiger partial charge in [-0.2, -0.15) is 5.26 Å². The molecule has 1 N–H and O–H groups in total. The van der Waals surface area contributed by atoms with Crippen LogP contribution in [0.15, 0.2) is 36.4 Å². The van der Waals surface area contributed by atoms with Gasteiger partial charge in [-0.25, -0.2) is 0 Å². The van der Waals surface area contributed by atoms with E-state index in [9.17, 15) is 9.59 Å². The van der Waals surface area contributed by atoms with Crippen LogP contribution in [0.25, 0.3) is 0 Å². The highest BCUT2D eigenvalue weighted by atomic mass is 16.5. The lowest BCUT2D eigenvalue weighted by atomic mass is 10.1. The number of nitriles is 1. The van der Waals surface area contributed by atoms with Crippen molar-refractivity contribution in [3.05, 3.63) is 42.0 Å². The van der Waals surface area contributed by atoms with E-state index in [0.717, 1.165) is 12.8 Å². The van der Waals surface area contributed by atoms with Crippen LogP contribution in [0.1, 0.15) is 31.7 Å². The monoisotopic (exact) mass is 298 g/mol. The van der Waals surface area contributed by atoms with E-state index in [4.69, 9.17) is 10.00 Å². The molecule has 0 aliphatic heterocycles. The van der Waals surface area contributed by atoms with Gasteiger partial charge in [0, 0.05) is 5.69 Å². The predicted octanol–water partition coefficient (Wildman–Crippen LogP) is 2.78. The standard InChI is InChI=1S/C17H18N2O3/c1-12(22-16(20)10-13-4-2-3-5-13)17(21)19-15-8-6-14(11-18)7-9-15/h2,4,6-9,12-13H,3,5,10H2,1H3,(H,19,21)/t12-,13-/m0/s1. The van der Waals surface area contributed by atoms with Gasteiger partial charge in [0.05, 0.1) is 18.1 Å². The maximum atomic E-state index is 12.0. The molecule has 0 saturated carbocycles. The van der Waals surface area contributed by atoms with E-state index in [-0.39, 0.29) is 17.8 Å². The third-order valence-corrected chi connectivity index (χ3v) is 3.50. The molecule has 5 heteroatoms. The first kappa shape index (κ1) is 15.8. The first-order valence-corrected chi connectivity index (χ1v) is 7.25. The van der Waals surface area contributed by atoms with Crippen molar-refractivity contribution in [3.63, 3.8) is 0 Å². The van der Waals surface area contributed by atoms with Gasteiger partial charge in [-0.1, -0.05) is 12.2 Å². The smallest absolute Gasteiger partial charge is 0.307 e. The molecule has 0 radical (unpaired) electrons. The van der Waals surface area contributed by atoms with Crippen LogP contribution in [0.3, 0.4) is 0 Å². The highest BCUT2D eigenvalue weighted by Gasteiger charge is 2.21. The molecule has 1 aromatic carbocycles. The zero-order valence-electron chi connectivity index (χ0n) is 12.4. The maximum absolute atomic E-state index is 12.0. The molecule has 0 saturated heterocycles. The summed E-state index contributed by atoms with van der Waals surface area (Å²) in [5, 5.41) is 11.4. The third-order valence-electron chi connectivity index (χ3n) is 3.50. The van der Waals surface area contributed by atoms with Gasteiger partial charge in [0.15, 0.2) is 6.10 Å². The number of carbonyl (C=O) groups excluding carboxylic acids is 2. The number of ether oxygens (including phenoxy) is 1. The Morgan fingerprint density at radius 3 is 2.73 bits per heavy atom. The van der Waals surface area contributed by atoms with Gasteiger partial charge < -0.3 is 10.1 Å². The molecule has 0 spiro atoms. The minimum absolute atomic E-state index is 0.223. The fourth-order valence-corrected chi connectivity index (χ4v) is 2.25. The second-order valence-corrected chi connectivity index (χ2v) is 5.28. The Bertz CT molecular complexity index is 614. The number of rotatable bonds is 5. The zero-order chi connectivity index (χ0) is 15.9. The fraction of sp³-hybridized carbons (Fsp3) is 0.353. The summed E-state index contributed by atoms with van der Waals surface area (Å²) < 4.78 is 5.15. The summed E-state index contributed by atoms with van der Waals surface area (Å²) in [6.07, 6.45) is 5.48. The molecular formula is C17H18N2O3. The highest BCUT2D eigenvalue weighted by molar-refractivity contribution is 5.95. The first-order chi connectivity index (χ1) is 10.6. The molecular weight excluding hydrogens is 280 g/mol. The number of nitrogens with one attached hydrogen (secondary N) is 1.